The van der Waals surface area contributed by atoms with E-state index >= 15 is 0 Å². The Balaban J connectivity index is 2.92. The average Bonchev–Trinajstić information content (AvgIpc) is 2.43. The summed E-state index contributed by atoms with van der Waals surface area (Å²) in [5.74, 6) is 0.570. The van der Waals surface area contributed by atoms with Crippen molar-refractivity contribution in [3.63, 3.8) is 0 Å². The van der Waals surface area contributed by atoms with Crippen LogP contribution in [0, 0.1) is 13.8 Å². The van der Waals surface area contributed by atoms with Crippen molar-refractivity contribution in [1.82, 2.24) is 9.62 Å². The van der Waals surface area contributed by atoms with Crippen LogP contribution >= 0.6 is 0 Å². The van der Waals surface area contributed by atoms with Gasteiger partial charge in [0.15, 0.2) is 0 Å². The van der Waals surface area contributed by atoms with Crippen LogP contribution in [-0.2, 0) is 14.8 Å². The first-order valence-electron chi connectivity index (χ1n) is 7.83. The standard InChI is InChI=1S/C17H28N2O4S/c1-12-11-16(13(2)10-15(12)23-7)24(21,22)18-8-9-19(14(3)20)17(4,5)6/h10-11,18H,8-9H2,1-7H3. The number of nitrogens with one attached hydrogen (secondary N) is 1. The highest BCUT2D eigenvalue weighted by Crippen LogP contribution is 2.25. The van der Waals surface area contributed by atoms with E-state index < -0.39 is 10.0 Å². The second-order valence-electron chi connectivity index (χ2n) is 6.83. The zero-order chi connectivity index (χ0) is 18.7. The molecule has 1 N–H and O–H groups in total. The highest BCUT2D eigenvalue weighted by molar-refractivity contribution is 7.89. The van der Waals surface area contributed by atoms with E-state index in [1.807, 2.05) is 20.8 Å². The monoisotopic (exact) mass is 356 g/mol. The molecule has 24 heavy (non-hydrogen) atoms. The van der Waals surface area contributed by atoms with Crippen molar-refractivity contribution in [2.24, 2.45) is 0 Å². The topological polar surface area (TPSA) is 75.7 Å². The second kappa shape index (κ2) is 7.53. The lowest BCUT2D eigenvalue weighted by atomic mass is 10.1. The molecule has 0 bridgehead atoms. The maximum Gasteiger partial charge on any atom is 0.240 e. The third kappa shape index (κ3) is 4.95. The zero-order valence-corrected chi connectivity index (χ0v) is 16.4. The number of sulfonamides is 1. The molecule has 0 saturated heterocycles. The molecule has 1 rings (SSSR count). The van der Waals surface area contributed by atoms with Gasteiger partial charge in [0.1, 0.15) is 5.75 Å². The largest absolute Gasteiger partial charge is 0.496 e. The molecule has 0 spiro atoms. The summed E-state index contributed by atoms with van der Waals surface area (Å²) in [5, 5.41) is 0. The van der Waals surface area contributed by atoms with Gasteiger partial charge in [-0.3, -0.25) is 4.79 Å². The number of carbonyl (C=O) groups excluding carboxylic acids is 1. The quantitative estimate of drug-likeness (QED) is 0.848. The Kier molecular flexibility index (Phi) is 6.41. The third-order valence-electron chi connectivity index (χ3n) is 3.80. The van der Waals surface area contributed by atoms with Gasteiger partial charge in [0.25, 0.3) is 0 Å². The van der Waals surface area contributed by atoms with Crippen LogP contribution in [-0.4, -0.2) is 45.0 Å². The van der Waals surface area contributed by atoms with Crippen LogP contribution in [0.2, 0.25) is 0 Å². The Hall–Kier alpha value is -1.60. The molecule has 6 nitrogen and oxygen atoms in total. The van der Waals surface area contributed by atoms with E-state index in [-0.39, 0.29) is 22.9 Å². The normalized spacial score (nSPS) is 12.1. The number of aryl methyl sites for hydroxylation is 2. The van der Waals surface area contributed by atoms with Crippen LogP contribution in [0.15, 0.2) is 17.0 Å². The SMILES string of the molecule is COc1cc(C)c(S(=O)(=O)NCCN(C(C)=O)C(C)(C)C)cc1C. The third-order valence-corrected chi connectivity index (χ3v) is 5.40. The van der Waals surface area contributed by atoms with Gasteiger partial charge in [-0.25, -0.2) is 13.1 Å². The number of ether oxygens (including phenoxy) is 1. The van der Waals surface area contributed by atoms with Gasteiger partial charge in [0.05, 0.1) is 12.0 Å². The summed E-state index contributed by atoms with van der Waals surface area (Å²) in [6.07, 6.45) is 0. The van der Waals surface area contributed by atoms with Crippen LogP contribution in [0.25, 0.3) is 0 Å². The molecule has 7 heteroatoms. The summed E-state index contributed by atoms with van der Waals surface area (Å²) in [6, 6.07) is 3.31. The van der Waals surface area contributed by atoms with Crippen LogP contribution in [0.3, 0.4) is 0 Å². The number of hydrogen-bond acceptors (Lipinski definition) is 4. The molecule has 0 fully saturated rings. The van der Waals surface area contributed by atoms with Crippen LogP contribution in [0.4, 0.5) is 0 Å². The molecule has 1 amide bonds. The first kappa shape index (κ1) is 20.4. The van der Waals surface area contributed by atoms with Gasteiger partial charge in [-0.1, -0.05) is 0 Å². The molecule has 0 aliphatic carbocycles. The molecule has 1 aromatic carbocycles. The fourth-order valence-corrected chi connectivity index (χ4v) is 3.94. The number of rotatable bonds is 6. The minimum atomic E-state index is -3.65. The molecule has 1 aromatic rings. The fourth-order valence-electron chi connectivity index (χ4n) is 2.61. The number of benzene rings is 1. The number of methoxy groups -OCH3 is 1. The average molecular weight is 356 g/mol. The van der Waals surface area contributed by atoms with Crippen molar-refractivity contribution in [2.45, 2.75) is 52.0 Å². The van der Waals surface area contributed by atoms with Gasteiger partial charge in [-0.15, -0.1) is 0 Å². The smallest absolute Gasteiger partial charge is 0.240 e. The highest BCUT2D eigenvalue weighted by Gasteiger charge is 2.24. The number of carbonyl (C=O) groups is 1. The van der Waals surface area contributed by atoms with E-state index in [2.05, 4.69) is 4.72 Å². The van der Waals surface area contributed by atoms with E-state index in [9.17, 15) is 13.2 Å². The van der Waals surface area contributed by atoms with Gasteiger partial charge < -0.3 is 9.64 Å². The molecule has 136 valence electrons. The molecule has 0 radical (unpaired) electrons. The van der Waals surface area contributed by atoms with Crippen LogP contribution < -0.4 is 9.46 Å². The van der Waals surface area contributed by atoms with E-state index in [1.54, 1.807) is 38.0 Å². The molecule has 0 aliphatic rings. The first-order chi connectivity index (χ1) is 10.9. The molecular formula is C17H28N2O4S. The van der Waals surface area contributed by atoms with Crippen molar-refractivity contribution < 1.29 is 17.9 Å². The van der Waals surface area contributed by atoms with Crippen LogP contribution in [0.1, 0.15) is 38.8 Å². The van der Waals surface area contributed by atoms with Crippen molar-refractivity contribution in [2.75, 3.05) is 20.2 Å². The Bertz CT molecular complexity index is 706. The molecule has 0 unspecified atom stereocenters. The molecular weight excluding hydrogens is 328 g/mol. The van der Waals surface area contributed by atoms with Gasteiger partial charge in [-0.2, -0.15) is 0 Å². The van der Waals surface area contributed by atoms with E-state index in [1.165, 1.54) is 6.92 Å². The summed E-state index contributed by atoms with van der Waals surface area (Å²) in [7, 11) is -2.10. The molecule has 0 saturated carbocycles. The van der Waals surface area contributed by atoms with Crippen LogP contribution in [0.5, 0.6) is 5.75 Å². The number of hydrogen-bond donors (Lipinski definition) is 1. The lowest BCUT2D eigenvalue weighted by Crippen LogP contribution is -2.48. The predicted molar refractivity (Wildman–Crippen MR) is 94.8 cm³/mol. The molecule has 0 aliphatic heterocycles. The summed E-state index contributed by atoms with van der Waals surface area (Å²) in [4.78, 5) is 13.6. The Morgan fingerprint density at radius 3 is 2.25 bits per heavy atom. The van der Waals surface area contributed by atoms with E-state index in [0.717, 1.165) is 5.56 Å². The van der Waals surface area contributed by atoms with Crippen molar-refractivity contribution >= 4 is 15.9 Å². The summed E-state index contributed by atoms with van der Waals surface area (Å²) in [5.41, 5.74) is 1.01. The summed E-state index contributed by atoms with van der Waals surface area (Å²) >= 11 is 0. The Labute approximate surface area is 145 Å². The van der Waals surface area contributed by atoms with E-state index in [0.29, 0.717) is 17.9 Å². The number of amides is 1. The highest BCUT2D eigenvalue weighted by atomic mass is 32.2. The second-order valence-corrected chi connectivity index (χ2v) is 8.56. The maximum atomic E-state index is 12.6. The first-order valence-corrected chi connectivity index (χ1v) is 9.31. The lowest BCUT2D eigenvalue weighted by molar-refractivity contribution is -0.133. The fraction of sp³-hybridized carbons (Fsp3) is 0.588. The lowest BCUT2D eigenvalue weighted by Gasteiger charge is -2.35. The van der Waals surface area contributed by atoms with Crippen molar-refractivity contribution in [3.8, 4) is 5.75 Å². The van der Waals surface area contributed by atoms with E-state index in [4.69, 9.17) is 4.74 Å². The summed E-state index contributed by atoms with van der Waals surface area (Å²) in [6.45, 7) is 11.2. The van der Waals surface area contributed by atoms with Gasteiger partial charge in [0.2, 0.25) is 15.9 Å². The predicted octanol–water partition coefficient (Wildman–Crippen LogP) is 2.24. The van der Waals surface area contributed by atoms with Crippen molar-refractivity contribution in [3.05, 3.63) is 23.3 Å². The summed E-state index contributed by atoms with van der Waals surface area (Å²) < 4.78 is 32.9. The van der Waals surface area contributed by atoms with Gasteiger partial charge >= 0.3 is 0 Å². The minimum Gasteiger partial charge on any atom is -0.496 e. The Morgan fingerprint density at radius 1 is 1.21 bits per heavy atom. The number of nitrogens with zero attached hydrogens (tertiary/aromatic N) is 1. The molecule has 0 atom stereocenters. The molecule has 0 aromatic heterocycles. The molecule has 0 heterocycles. The zero-order valence-electron chi connectivity index (χ0n) is 15.6. The van der Waals surface area contributed by atoms with Crippen molar-refractivity contribution in [1.29, 1.82) is 0 Å². The Morgan fingerprint density at radius 2 is 1.79 bits per heavy atom. The maximum absolute atomic E-state index is 12.6. The minimum absolute atomic E-state index is 0.0850. The van der Waals surface area contributed by atoms with Gasteiger partial charge in [-0.05, 0) is 57.9 Å². The van der Waals surface area contributed by atoms with Gasteiger partial charge in [0, 0.05) is 25.6 Å².